The van der Waals surface area contributed by atoms with Gasteiger partial charge in [-0.25, -0.2) is 0 Å². The molecule has 0 N–H and O–H groups in total. The second-order valence-corrected chi connectivity index (χ2v) is 8.94. The predicted octanol–water partition coefficient (Wildman–Crippen LogP) is 8.64. The predicted molar refractivity (Wildman–Crippen MR) is 143 cm³/mol. The van der Waals surface area contributed by atoms with Gasteiger partial charge in [0, 0.05) is 10.0 Å². The van der Waals surface area contributed by atoms with Crippen LogP contribution >= 0.6 is 23.2 Å². The smallest absolute Gasteiger partial charge is 0.119 e. The van der Waals surface area contributed by atoms with Crippen LogP contribution in [-0.4, -0.2) is 13.2 Å². The Balaban J connectivity index is 1.58. The van der Waals surface area contributed by atoms with Crippen molar-refractivity contribution in [2.24, 2.45) is 0 Å². The van der Waals surface area contributed by atoms with Crippen LogP contribution in [0.3, 0.4) is 0 Å². The summed E-state index contributed by atoms with van der Waals surface area (Å²) in [5, 5.41) is 1.52. The molecule has 0 fully saturated rings. The molecule has 0 aliphatic rings. The van der Waals surface area contributed by atoms with Crippen LogP contribution in [0.5, 0.6) is 11.5 Å². The summed E-state index contributed by atoms with van der Waals surface area (Å²) in [6, 6.07) is 28.8. The molecule has 0 spiro atoms. The molecule has 174 valence electrons. The van der Waals surface area contributed by atoms with Crippen molar-refractivity contribution in [3.05, 3.63) is 117 Å². The van der Waals surface area contributed by atoms with Gasteiger partial charge in [0.15, 0.2) is 0 Å². The molecule has 0 unspecified atom stereocenters. The summed E-state index contributed by atoms with van der Waals surface area (Å²) in [5.41, 5.74) is 6.75. The Morgan fingerprint density at radius 2 is 1.12 bits per heavy atom. The maximum atomic E-state index is 6.57. The van der Waals surface area contributed by atoms with Gasteiger partial charge in [-0.15, -0.1) is 0 Å². The normalized spacial score (nSPS) is 10.8. The summed E-state index contributed by atoms with van der Waals surface area (Å²) >= 11 is 13.1. The Morgan fingerprint density at radius 3 is 1.71 bits per heavy atom. The fraction of sp³-hybridized carbons (Fsp3) is 0.200. The number of halogens is 2. The zero-order valence-corrected chi connectivity index (χ0v) is 21.0. The van der Waals surface area contributed by atoms with E-state index in [-0.39, 0.29) is 0 Å². The van der Waals surface area contributed by atoms with Crippen molar-refractivity contribution in [3.8, 4) is 22.6 Å². The van der Waals surface area contributed by atoms with Crippen molar-refractivity contribution in [1.82, 2.24) is 0 Å². The number of benzene rings is 4. The summed E-state index contributed by atoms with van der Waals surface area (Å²) in [4.78, 5) is 0. The fourth-order valence-electron chi connectivity index (χ4n) is 4.00. The molecule has 4 aromatic rings. The molecule has 0 aliphatic heterocycles. The summed E-state index contributed by atoms with van der Waals surface area (Å²) in [5.74, 6) is 1.76. The van der Waals surface area contributed by atoms with Crippen LogP contribution in [-0.2, 0) is 12.8 Å². The maximum absolute atomic E-state index is 6.57. The van der Waals surface area contributed by atoms with Gasteiger partial charge in [0.25, 0.3) is 0 Å². The van der Waals surface area contributed by atoms with E-state index in [0.717, 1.165) is 62.2 Å². The zero-order valence-electron chi connectivity index (χ0n) is 19.5. The average molecular weight is 491 g/mol. The highest BCUT2D eigenvalue weighted by molar-refractivity contribution is 6.32. The molecule has 0 aromatic heterocycles. The van der Waals surface area contributed by atoms with Crippen LogP contribution < -0.4 is 9.47 Å². The molecule has 0 aliphatic carbocycles. The lowest BCUT2D eigenvalue weighted by molar-refractivity contribution is 0.340. The first kappa shape index (κ1) is 24.2. The summed E-state index contributed by atoms with van der Waals surface area (Å²) in [6.45, 7) is 5.28. The van der Waals surface area contributed by atoms with Gasteiger partial charge < -0.3 is 9.47 Å². The van der Waals surface area contributed by atoms with E-state index in [0.29, 0.717) is 13.2 Å². The van der Waals surface area contributed by atoms with Crippen LogP contribution in [0.2, 0.25) is 10.0 Å². The Labute approximate surface area is 212 Å². The van der Waals surface area contributed by atoms with Gasteiger partial charge in [-0.3, -0.25) is 0 Å². The van der Waals surface area contributed by atoms with Crippen LogP contribution in [0.1, 0.15) is 36.1 Å². The van der Waals surface area contributed by atoms with E-state index in [1.165, 1.54) is 5.56 Å². The van der Waals surface area contributed by atoms with E-state index < -0.39 is 0 Å². The molecule has 0 bridgehead atoms. The Bertz CT molecular complexity index is 1250. The molecule has 0 radical (unpaired) electrons. The highest BCUT2D eigenvalue weighted by Gasteiger charge is 2.09. The third kappa shape index (κ3) is 6.14. The number of ether oxygens (including phenoxy) is 2. The van der Waals surface area contributed by atoms with Crippen LogP contribution in [0.25, 0.3) is 11.1 Å². The molecule has 34 heavy (non-hydrogen) atoms. The number of hydrogen-bond donors (Lipinski definition) is 0. The number of rotatable bonds is 9. The molecule has 0 amide bonds. The van der Waals surface area contributed by atoms with Crippen molar-refractivity contribution in [2.75, 3.05) is 13.2 Å². The van der Waals surface area contributed by atoms with Crippen molar-refractivity contribution < 1.29 is 9.47 Å². The van der Waals surface area contributed by atoms with E-state index in [2.05, 4.69) is 48.5 Å². The zero-order chi connectivity index (χ0) is 23.9. The average Bonchev–Trinajstić information content (AvgIpc) is 2.84. The molecule has 0 saturated carbocycles. The van der Waals surface area contributed by atoms with Crippen molar-refractivity contribution in [3.63, 3.8) is 0 Å². The fourth-order valence-corrected chi connectivity index (χ4v) is 4.37. The van der Waals surface area contributed by atoms with E-state index in [1.54, 1.807) is 0 Å². The van der Waals surface area contributed by atoms with Gasteiger partial charge in [0.1, 0.15) is 11.5 Å². The van der Waals surface area contributed by atoms with Gasteiger partial charge in [0.2, 0.25) is 0 Å². The molecule has 4 heteroatoms. The van der Waals surface area contributed by atoms with Gasteiger partial charge in [-0.05, 0) is 109 Å². The molecule has 2 nitrogen and oxygen atoms in total. The third-order valence-corrected chi connectivity index (χ3v) is 6.40. The van der Waals surface area contributed by atoms with Crippen LogP contribution in [0.15, 0.2) is 84.9 Å². The Morgan fingerprint density at radius 1 is 0.559 bits per heavy atom. The molecule has 0 atom stereocenters. The van der Waals surface area contributed by atoms with E-state index in [4.69, 9.17) is 32.7 Å². The summed E-state index contributed by atoms with van der Waals surface area (Å²) in [7, 11) is 0. The Hall–Kier alpha value is -2.94. The molecule has 4 aromatic carbocycles. The molecular weight excluding hydrogens is 463 g/mol. The minimum absolute atomic E-state index is 0.648. The van der Waals surface area contributed by atoms with E-state index in [9.17, 15) is 0 Å². The SMILES string of the molecule is CCOc1ccc(Cc2cc(-c3ccc(Cl)c(Cc4cccc(OCC)c4)c3)ccc2Cl)cc1. The molecule has 0 heterocycles. The van der Waals surface area contributed by atoms with Crippen LogP contribution in [0, 0.1) is 0 Å². The Kier molecular flexibility index (Phi) is 8.16. The lowest BCUT2D eigenvalue weighted by atomic mass is 9.96. The van der Waals surface area contributed by atoms with Gasteiger partial charge in [0.05, 0.1) is 13.2 Å². The minimum Gasteiger partial charge on any atom is -0.494 e. The number of hydrogen-bond acceptors (Lipinski definition) is 2. The second-order valence-electron chi connectivity index (χ2n) is 8.12. The van der Waals surface area contributed by atoms with Crippen molar-refractivity contribution in [2.45, 2.75) is 26.7 Å². The van der Waals surface area contributed by atoms with E-state index in [1.807, 2.05) is 50.2 Å². The van der Waals surface area contributed by atoms with Gasteiger partial charge in [-0.2, -0.15) is 0 Å². The van der Waals surface area contributed by atoms with Crippen molar-refractivity contribution in [1.29, 1.82) is 0 Å². The van der Waals surface area contributed by atoms with Gasteiger partial charge in [-0.1, -0.05) is 59.6 Å². The largest absolute Gasteiger partial charge is 0.494 e. The monoisotopic (exact) mass is 490 g/mol. The lowest BCUT2D eigenvalue weighted by Gasteiger charge is -2.12. The third-order valence-electron chi connectivity index (χ3n) is 5.66. The first-order valence-electron chi connectivity index (χ1n) is 11.6. The molecule has 4 rings (SSSR count). The highest BCUT2D eigenvalue weighted by atomic mass is 35.5. The summed E-state index contributed by atoms with van der Waals surface area (Å²) < 4.78 is 11.2. The molecule has 0 saturated heterocycles. The second kappa shape index (κ2) is 11.5. The first-order chi connectivity index (χ1) is 16.6. The topological polar surface area (TPSA) is 18.5 Å². The van der Waals surface area contributed by atoms with E-state index >= 15 is 0 Å². The van der Waals surface area contributed by atoms with Crippen LogP contribution in [0.4, 0.5) is 0 Å². The van der Waals surface area contributed by atoms with Gasteiger partial charge >= 0.3 is 0 Å². The minimum atomic E-state index is 0.648. The quantitative estimate of drug-likeness (QED) is 0.233. The molecular formula is C30H28Cl2O2. The first-order valence-corrected chi connectivity index (χ1v) is 12.3. The lowest BCUT2D eigenvalue weighted by Crippen LogP contribution is -1.95. The highest BCUT2D eigenvalue weighted by Crippen LogP contribution is 2.31. The maximum Gasteiger partial charge on any atom is 0.119 e. The standard InChI is InChI=1S/C30H28Cl2O2/c1-3-33-27-12-8-21(9-13-27)16-25-19-23(10-14-29(25)31)24-11-15-30(32)26(20-24)17-22-6-5-7-28(18-22)34-4-2/h5-15,18-20H,3-4,16-17H2,1-2H3. The van der Waals surface area contributed by atoms with Crippen molar-refractivity contribution >= 4 is 23.2 Å². The summed E-state index contributed by atoms with van der Waals surface area (Å²) in [6.07, 6.45) is 1.49.